The average molecular weight is 376 g/mol. The first kappa shape index (κ1) is 18.9. The van der Waals surface area contributed by atoms with Gasteiger partial charge in [-0.25, -0.2) is 4.98 Å². The van der Waals surface area contributed by atoms with E-state index in [2.05, 4.69) is 9.88 Å². The van der Waals surface area contributed by atoms with Crippen LogP contribution < -0.4 is 9.64 Å². The number of amides is 1. The summed E-state index contributed by atoms with van der Waals surface area (Å²) in [5.41, 5.74) is 0.720. The van der Waals surface area contributed by atoms with Crippen LogP contribution in [0.4, 0.5) is 5.69 Å². The lowest BCUT2D eigenvalue weighted by molar-refractivity contribution is -0.118. The number of anilines is 1. The fourth-order valence-electron chi connectivity index (χ4n) is 3.52. The number of methoxy groups -OCH3 is 1. The molecule has 140 valence electrons. The third kappa shape index (κ3) is 4.27. The van der Waals surface area contributed by atoms with Crippen molar-refractivity contribution in [3.8, 4) is 5.75 Å². The molecule has 0 saturated carbocycles. The summed E-state index contributed by atoms with van der Waals surface area (Å²) in [6, 6.07) is 5.66. The van der Waals surface area contributed by atoms with Crippen molar-refractivity contribution in [1.29, 1.82) is 0 Å². The Labute approximate surface area is 159 Å². The minimum atomic E-state index is 0.0830. The van der Waals surface area contributed by atoms with E-state index in [1.165, 1.54) is 19.3 Å². The highest BCUT2D eigenvalue weighted by atomic mass is 35.5. The molecule has 3 rings (SSSR count). The van der Waals surface area contributed by atoms with E-state index in [1.54, 1.807) is 25.3 Å². The second kappa shape index (κ2) is 8.69. The number of hydrogen-bond acceptors (Lipinski definition) is 4. The van der Waals surface area contributed by atoms with Gasteiger partial charge in [0.25, 0.3) is 0 Å². The van der Waals surface area contributed by atoms with Crippen LogP contribution in [0.15, 0.2) is 24.4 Å². The second-order valence-electron chi connectivity index (χ2n) is 6.81. The number of carbonyl (C=O) groups excluding carboxylic acids is 1. The van der Waals surface area contributed by atoms with Crippen LogP contribution in [0.25, 0.3) is 10.8 Å². The van der Waals surface area contributed by atoms with E-state index in [0.29, 0.717) is 17.3 Å². The molecule has 5 nitrogen and oxygen atoms in total. The molecule has 1 fully saturated rings. The minimum absolute atomic E-state index is 0.0830. The number of hydrogen-bond donors (Lipinski definition) is 0. The lowest BCUT2D eigenvalue weighted by Crippen LogP contribution is -2.32. The van der Waals surface area contributed by atoms with Crippen LogP contribution in [0, 0.1) is 0 Å². The summed E-state index contributed by atoms with van der Waals surface area (Å²) in [7, 11) is 3.40. The summed E-state index contributed by atoms with van der Waals surface area (Å²) in [5, 5.41) is 2.19. The lowest BCUT2D eigenvalue weighted by atomic mass is 10.1. The molecular formula is C20H26ClN3O2. The molecule has 6 heteroatoms. The molecule has 0 atom stereocenters. The van der Waals surface area contributed by atoms with Gasteiger partial charge in [0.1, 0.15) is 10.9 Å². The van der Waals surface area contributed by atoms with Gasteiger partial charge in [0.2, 0.25) is 5.91 Å². The van der Waals surface area contributed by atoms with Crippen molar-refractivity contribution >= 4 is 34.0 Å². The number of likely N-dealkylation sites (tertiary alicyclic amines) is 1. The van der Waals surface area contributed by atoms with E-state index in [4.69, 9.17) is 16.3 Å². The van der Waals surface area contributed by atoms with Gasteiger partial charge < -0.3 is 14.5 Å². The van der Waals surface area contributed by atoms with Crippen molar-refractivity contribution in [2.24, 2.45) is 0 Å². The van der Waals surface area contributed by atoms with Gasteiger partial charge >= 0.3 is 0 Å². The summed E-state index contributed by atoms with van der Waals surface area (Å²) in [6.07, 6.45) is 6.95. The van der Waals surface area contributed by atoms with Gasteiger partial charge in [-0.15, -0.1) is 0 Å². The zero-order valence-electron chi connectivity index (χ0n) is 15.5. The zero-order valence-corrected chi connectivity index (χ0v) is 16.3. The highest BCUT2D eigenvalue weighted by molar-refractivity contribution is 6.34. The molecular weight excluding hydrogens is 350 g/mol. The molecule has 1 aliphatic heterocycles. The number of benzene rings is 1. The molecule has 0 unspecified atom stereocenters. The van der Waals surface area contributed by atoms with Crippen LogP contribution in [0.1, 0.15) is 32.1 Å². The van der Waals surface area contributed by atoms with E-state index >= 15 is 0 Å². The summed E-state index contributed by atoms with van der Waals surface area (Å²) >= 11 is 6.22. The van der Waals surface area contributed by atoms with E-state index in [-0.39, 0.29) is 5.91 Å². The van der Waals surface area contributed by atoms with Gasteiger partial charge in [0.15, 0.2) is 0 Å². The van der Waals surface area contributed by atoms with Crippen molar-refractivity contribution in [3.05, 3.63) is 29.5 Å². The third-order valence-corrected chi connectivity index (χ3v) is 5.37. The van der Waals surface area contributed by atoms with Crippen LogP contribution in [0.2, 0.25) is 5.15 Å². The maximum Gasteiger partial charge on any atom is 0.226 e. The van der Waals surface area contributed by atoms with Crippen LogP contribution >= 0.6 is 11.6 Å². The topological polar surface area (TPSA) is 45.7 Å². The average Bonchev–Trinajstić information content (AvgIpc) is 2.67. The predicted octanol–water partition coefficient (Wildman–Crippen LogP) is 4.13. The first-order chi connectivity index (χ1) is 12.6. The summed E-state index contributed by atoms with van der Waals surface area (Å²) < 4.78 is 5.50. The van der Waals surface area contributed by atoms with E-state index in [9.17, 15) is 4.79 Å². The van der Waals surface area contributed by atoms with Crippen molar-refractivity contribution in [1.82, 2.24) is 9.88 Å². The fraction of sp³-hybridized carbons (Fsp3) is 0.500. The number of fused-ring (bicyclic) bond motifs is 1. The smallest absolute Gasteiger partial charge is 0.226 e. The Morgan fingerprint density at radius 3 is 2.81 bits per heavy atom. The monoisotopic (exact) mass is 375 g/mol. The van der Waals surface area contributed by atoms with E-state index in [1.807, 2.05) is 18.2 Å². The first-order valence-corrected chi connectivity index (χ1v) is 9.59. The first-order valence-electron chi connectivity index (χ1n) is 9.21. The zero-order chi connectivity index (χ0) is 18.5. The number of halogens is 1. The number of aromatic nitrogens is 1. The highest BCUT2D eigenvalue weighted by Crippen LogP contribution is 2.35. The predicted molar refractivity (Wildman–Crippen MR) is 106 cm³/mol. The number of pyridine rings is 1. The summed E-state index contributed by atoms with van der Waals surface area (Å²) in [6.45, 7) is 3.31. The van der Waals surface area contributed by atoms with Crippen molar-refractivity contribution in [2.45, 2.75) is 32.1 Å². The Morgan fingerprint density at radius 1 is 1.31 bits per heavy atom. The van der Waals surface area contributed by atoms with Gasteiger partial charge in [-0.3, -0.25) is 4.79 Å². The molecule has 2 aromatic rings. The SMILES string of the molecule is COc1cc2ccnc(Cl)c2cc1N(C)C(=O)CCCN1CCCCC1. The summed E-state index contributed by atoms with van der Waals surface area (Å²) in [5.74, 6) is 0.742. The van der Waals surface area contributed by atoms with Crippen LogP contribution in [-0.2, 0) is 4.79 Å². The van der Waals surface area contributed by atoms with Crippen LogP contribution in [0.5, 0.6) is 5.75 Å². The van der Waals surface area contributed by atoms with Crippen LogP contribution in [0.3, 0.4) is 0 Å². The van der Waals surface area contributed by atoms with E-state index < -0.39 is 0 Å². The molecule has 1 aliphatic rings. The normalized spacial score (nSPS) is 15.2. The molecule has 0 radical (unpaired) electrons. The van der Waals surface area contributed by atoms with Crippen LogP contribution in [-0.4, -0.2) is 49.6 Å². The number of nitrogens with zero attached hydrogens (tertiary/aromatic N) is 3. The summed E-state index contributed by atoms with van der Waals surface area (Å²) in [4.78, 5) is 20.9. The second-order valence-corrected chi connectivity index (χ2v) is 7.16. The molecule has 1 amide bonds. The van der Waals surface area contributed by atoms with Gasteiger partial charge in [-0.05, 0) is 62.5 Å². The molecule has 1 saturated heterocycles. The fourth-order valence-corrected chi connectivity index (χ4v) is 3.74. The third-order valence-electron chi connectivity index (χ3n) is 5.06. The van der Waals surface area contributed by atoms with Gasteiger partial charge in [0.05, 0.1) is 12.8 Å². The van der Waals surface area contributed by atoms with Gasteiger partial charge in [-0.1, -0.05) is 18.0 Å². The van der Waals surface area contributed by atoms with Gasteiger partial charge in [-0.2, -0.15) is 0 Å². The molecule has 26 heavy (non-hydrogen) atoms. The molecule has 0 aliphatic carbocycles. The Balaban J connectivity index is 1.70. The molecule has 2 heterocycles. The highest BCUT2D eigenvalue weighted by Gasteiger charge is 2.18. The number of ether oxygens (including phenoxy) is 1. The molecule has 0 bridgehead atoms. The quantitative estimate of drug-likeness (QED) is 0.712. The van der Waals surface area contributed by atoms with Gasteiger partial charge in [0, 0.05) is 25.1 Å². The molecule has 0 N–H and O–H groups in total. The Bertz CT molecular complexity index is 775. The maximum absolute atomic E-state index is 12.7. The largest absolute Gasteiger partial charge is 0.495 e. The number of carbonyl (C=O) groups is 1. The molecule has 1 aromatic carbocycles. The minimum Gasteiger partial charge on any atom is -0.495 e. The standard InChI is InChI=1S/C20H26ClN3O2/c1-23(19(25)7-6-12-24-10-4-3-5-11-24)17-14-16-15(13-18(17)26-2)8-9-22-20(16)21/h8-9,13-14H,3-7,10-12H2,1-2H3. The number of rotatable bonds is 6. The van der Waals surface area contributed by atoms with E-state index in [0.717, 1.165) is 42.5 Å². The Hall–Kier alpha value is -1.85. The number of piperidine rings is 1. The maximum atomic E-state index is 12.7. The molecule has 1 aromatic heterocycles. The van der Waals surface area contributed by atoms with Crippen molar-refractivity contribution < 1.29 is 9.53 Å². The molecule has 0 spiro atoms. The Kier molecular flexibility index (Phi) is 6.33. The van der Waals surface area contributed by atoms with Crippen molar-refractivity contribution in [3.63, 3.8) is 0 Å². The van der Waals surface area contributed by atoms with Crippen molar-refractivity contribution in [2.75, 3.05) is 38.7 Å². The Morgan fingerprint density at radius 2 is 2.08 bits per heavy atom. The lowest BCUT2D eigenvalue weighted by Gasteiger charge is -2.26.